The molecule has 0 unspecified atom stereocenters. The summed E-state index contributed by atoms with van der Waals surface area (Å²) in [6, 6.07) is 5.67. The number of amides is 2. The molecule has 9 heteroatoms. The number of hydrogen-bond donors (Lipinski definition) is 4. The zero-order chi connectivity index (χ0) is 20.3. The van der Waals surface area contributed by atoms with Gasteiger partial charge in [0.1, 0.15) is 17.4 Å². The molecule has 0 bridgehead atoms. The van der Waals surface area contributed by atoms with Crippen LogP contribution in [0, 0.1) is 12.7 Å². The Morgan fingerprint density at radius 2 is 2.07 bits per heavy atom. The van der Waals surface area contributed by atoms with Crippen LogP contribution in [0.25, 0.3) is 0 Å². The zero-order valence-electron chi connectivity index (χ0n) is 15.0. The van der Waals surface area contributed by atoms with E-state index in [1.807, 2.05) is 0 Å². The van der Waals surface area contributed by atoms with E-state index in [0.717, 1.165) is 25.1 Å². The van der Waals surface area contributed by atoms with Crippen molar-refractivity contribution < 1.29 is 18.7 Å². The van der Waals surface area contributed by atoms with E-state index in [0.29, 0.717) is 11.3 Å². The van der Waals surface area contributed by atoms with Gasteiger partial charge in [-0.05, 0) is 49.6 Å². The summed E-state index contributed by atoms with van der Waals surface area (Å²) in [6.07, 6.45) is 4.83. The monoisotopic (exact) mass is 402 g/mol. The van der Waals surface area contributed by atoms with Crippen molar-refractivity contribution in [2.75, 3.05) is 10.6 Å². The van der Waals surface area contributed by atoms with E-state index in [2.05, 4.69) is 28.2 Å². The molecule has 0 aliphatic heterocycles. The third-order valence-electron chi connectivity index (χ3n) is 4.00. The van der Waals surface area contributed by atoms with Crippen LogP contribution in [-0.2, 0) is 4.79 Å². The molecule has 3 rings (SSSR count). The maximum atomic E-state index is 14.3. The van der Waals surface area contributed by atoms with Crippen molar-refractivity contribution in [2.24, 2.45) is 5.73 Å². The molecule has 0 atom stereocenters. The predicted octanol–water partition coefficient (Wildman–Crippen LogP) is 2.99. The van der Waals surface area contributed by atoms with E-state index in [1.54, 1.807) is 19.1 Å². The van der Waals surface area contributed by atoms with Gasteiger partial charge in [0.15, 0.2) is 0 Å². The molecule has 28 heavy (non-hydrogen) atoms. The number of pyridine rings is 1. The Balaban J connectivity index is 1.74. The SMILES string of the molecule is Cc1cc(F)c(C(=O)Nc2ccc(OC3CC3)cn2)cc1NC(=O)/C(S)=C/N. The summed E-state index contributed by atoms with van der Waals surface area (Å²) in [5.41, 5.74) is 5.73. The first-order valence-electron chi connectivity index (χ1n) is 8.54. The highest BCUT2D eigenvalue weighted by atomic mass is 32.1. The molecule has 2 amide bonds. The fourth-order valence-corrected chi connectivity index (χ4v) is 2.39. The summed E-state index contributed by atoms with van der Waals surface area (Å²) < 4.78 is 19.9. The minimum absolute atomic E-state index is 0.00701. The van der Waals surface area contributed by atoms with Gasteiger partial charge in [-0.25, -0.2) is 9.37 Å². The summed E-state index contributed by atoms with van der Waals surface area (Å²) in [5.74, 6) is -1.12. The highest BCUT2D eigenvalue weighted by molar-refractivity contribution is 7.85. The second-order valence-corrected chi connectivity index (χ2v) is 6.79. The van der Waals surface area contributed by atoms with E-state index < -0.39 is 17.6 Å². The van der Waals surface area contributed by atoms with Crippen molar-refractivity contribution in [3.05, 3.63) is 58.5 Å². The van der Waals surface area contributed by atoms with Gasteiger partial charge in [-0.3, -0.25) is 9.59 Å². The van der Waals surface area contributed by atoms with Gasteiger partial charge >= 0.3 is 0 Å². The van der Waals surface area contributed by atoms with Crippen LogP contribution in [0.1, 0.15) is 28.8 Å². The van der Waals surface area contributed by atoms with Crippen molar-refractivity contribution >= 4 is 35.9 Å². The Bertz CT molecular complexity index is 943. The van der Waals surface area contributed by atoms with Crippen molar-refractivity contribution in [3.63, 3.8) is 0 Å². The van der Waals surface area contributed by atoms with E-state index in [-0.39, 0.29) is 28.1 Å². The number of rotatable bonds is 6. The number of aryl methyl sites for hydroxylation is 1. The topological polar surface area (TPSA) is 106 Å². The van der Waals surface area contributed by atoms with Crippen molar-refractivity contribution in [1.29, 1.82) is 0 Å². The number of carbonyl (C=O) groups excluding carboxylic acids is 2. The van der Waals surface area contributed by atoms with Gasteiger partial charge in [0, 0.05) is 11.9 Å². The Kier molecular flexibility index (Phi) is 5.84. The number of hydrogen-bond acceptors (Lipinski definition) is 6. The van der Waals surface area contributed by atoms with Crippen LogP contribution in [0.5, 0.6) is 5.75 Å². The molecule has 4 N–H and O–H groups in total. The van der Waals surface area contributed by atoms with Crippen molar-refractivity contribution in [3.8, 4) is 5.75 Å². The van der Waals surface area contributed by atoms with Gasteiger partial charge in [0.2, 0.25) is 0 Å². The van der Waals surface area contributed by atoms with Crippen LogP contribution in [0.4, 0.5) is 15.9 Å². The number of ether oxygens (including phenoxy) is 1. The zero-order valence-corrected chi connectivity index (χ0v) is 15.9. The molecule has 0 spiro atoms. The van der Waals surface area contributed by atoms with E-state index >= 15 is 0 Å². The van der Waals surface area contributed by atoms with Crippen LogP contribution in [0.15, 0.2) is 41.6 Å². The largest absolute Gasteiger partial charge is 0.489 e. The van der Waals surface area contributed by atoms with Crippen LogP contribution in [0.2, 0.25) is 0 Å². The van der Waals surface area contributed by atoms with Gasteiger partial charge in [0.25, 0.3) is 11.8 Å². The molecule has 0 radical (unpaired) electrons. The molecular formula is C19H19FN4O3S. The molecule has 1 aliphatic carbocycles. The van der Waals surface area contributed by atoms with E-state index in [9.17, 15) is 14.0 Å². The number of thiol groups is 1. The molecule has 1 aromatic carbocycles. The average molecular weight is 402 g/mol. The maximum Gasteiger partial charge on any atom is 0.263 e. The molecule has 1 aliphatic rings. The highest BCUT2D eigenvalue weighted by Gasteiger charge is 2.23. The normalized spacial score (nSPS) is 13.8. The van der Waals surface area contributed by atoms with Gasteiger partial charge in [0.05, 0.1) is 22.8 Å². The predicted molar refractivity (Wildman–Crippen MR) is 107 cm³/mol. The first kappa shape index (κ1) is 19.7. The second kappa shape index (κ2) is 8.30. The van der Waals surface area contributed by atoms with Gasteiger partial charge in [-0.2, -0.15) is 0 Å². The molecule has 1 saturated carbocycles. The fraction of sp³-hybridized carbons (Fsp3) is 0.211. The Morgan fingerprint density at radius 1 is 1.32 bits per heavy atom. The summed E-state index contributed by atoms with van der Waals surface area (Å²) in [6.45, 7) is 1.60. The van der Waals surface area contributed by atoms with Gasteiger partial charge in [-0.1, -0.05) is 0 Å². The number of anilines is 2. The van der Waals surface area contributed by atoms with Crippen LogP contribution < -0.4 is 21.1 Å². The Morgan fingerprint density at radius 3 is 2.68 bits per heavy atom. The lowest BCUT2D eigenvalue weighted by Gasteiger charge is -2.12. The lowest BCUT2D eigenvalue weighted by atomic mass is 10.1. The number of halogens is 1. The minimum atomic E-state index is -0.720. The van der Waals surface area contributed by atoms with Crippen molar-refractivity contribution in [2.45, 2.75) is 25.9 Å². The molecule has 1 heterocycles. The molecule has 1 fully saturated rings. The maximum absolute atomic E-state index is 14.3. The molecule has 146 valence electrons. The molecule has 2 aromatic rings. The van der Waals surface area contributed by atoms with Crippen molar-refractivity contribution in [1.82, 2.24) is 4.98 Å². The number of nitrogens with one attached hydrogen (secondary N) is 2. The van der Waals surface area contributed by atoms with E-state index in [4.69, 9.17) is 10.5 Å². The number of benzene rings is 1. The van der Waals surface area contributed by atoms with Crippen LogP contribution in [0.3, 0.4) is 0 Å². The standard InChI is InChI=1S/C19H19FN4O3S/c1-10-6-14(20)13(7-15(10)23-19(26)16(28)8-21)18(25)24-17-5-4-12(9-22-17)27-11-2-3-11/h4-9,11,28H,2-3,21H2,1H3,(H,23,26)(H,22,24,25)/b16-8-. The minimum Gasteiger partial charge on any atom is -0.489 e. The second-order valence-electron chi connectivity index (χ2n) is 6.30. The number of aromatic nitrogens is 1. The molecule has 0 saturated heterocycles. The molecule has 7 nitrogen and oxygen atoms in total. The quantitative estimate of drug-likeness (QED) is 0.439. The summed E-state index contributed by atoms with van der Waals surface area (Å²) in [5, 5.41) is 5.06. The smallest absolute Gasteiger partial charge is 0.263 e. The number of nitrogens with two attached hydrogens (primary N) is 1. The fourth-order valence-electron chi connectivity index (χ4n) is 2.33. The molecule has 1 aromatic heterocycles. The highest BCUT2D eigenvalue weighted by Crippen LogP contribution is 2.27. The third-order valence-corrected chi connectivity index (χ3v) is 4.35. The van der Waals surface area contributed by atoms with Crippen LogP contribution >= 0.6 is 12.6 Å². The molecular weight excluding hydrogens is 383 g/mol. The Labute approximate surface area is 166 Å². The van der Waals surface area contributed by atoms with Gasteiger partial charge < -0.3 is 21.1 Å². The number of nitrogens with zero attached hydrogens (tertiary/aromatic N) is 1. The Hall–Kier alpha value is -3.07. The summed E-state index contributed by atoms with van der Waals surface area (Å²) in [7, 11) is 0. The van der Waals surface area contributed by atoms with Gasteiger partial charge in [-0.15, -0.1) is 12.6 Å². The first-order chi connectivity index (χ1) is 13.4. The average Bonchev–Trinajstić information content (AvgIpc) is 3.48. The summed E-state index contributed by atoms with van der Waals surface area (Å²) >= 11 is 3.93. The third kappa shape index (κ3) is 4.80. The summed E-state index contributed by atoms with van der Waals surface area (Å²) in [4.78, 5) is 28.5. The number of carbonyl (C=O) groups is 2. The lowest BCUT2D eigenvalue weighted by Crippen LogP contribution is -2.18. The van der Waals surface area contributed by atoms with Crippen LogP contribution in [-0.4, -0.2) is 22.9 Å². The lowest BCUT2D eigenvalue weighted by molar-refractivity contribution is -0.112. The first-order valence-corrected chi connectivity index (χ1v) is 8.98. The van der Waals surface area contributed by atoms with E-state index in [1.165, 1.54) is 12.3 Å².